The molecule has 100 valence electrons. The van der Waals surface area contributed by atoms with Crippen LogP contribution in [0.25, 0.3) is 0 Å². The monoisotopic (exact) mass is 260 g/mol. The Bertz CT molecular complexity index is 418. The van der Waals surface area contributed by atoms with Gasteiger partial charge in [-0.25, -0.2) is 0 Å². The van der Waals surface area contributed by atoms with Gasteiger partial charge in [-0.2, -0.15) is 13.2 Å². The SMILES string of the molecule is CC(CC(F)(F)F)NCc1ccccc1C(N)=O. The van der Waals surface area contributed by atoms with Crippen LogP contribution in [0.1, 0.15) is 29.3 Å². The summed E-state index contributed by atoms with van der Waals surface area (Å²) in [6.07, 6.45) is -5.11. The van der Waals surface area contributed by atoms with Crippen molar-refractivity contribution in [1.82, 2.24) is 5.32 Å². The molecule has 0 bridgehead atoms. The zero-order valence-electron chi connectivity index (χ0n) is 9.92. The molecule has 6 heteroatoms. The van der Waals surface area contributed by atoms with Crippen LogP contribution in [0.5, 0.6) is 0 Å². The molecule has 0 aliphatic rings. The molecule has 18 heavy (non-hydrogen) atoms. The number of carbonyl (C=O) groups is 1. The number of nitrogens with two attached hydrogens (primary N) is 1. The average Bonchev–Trinajstić information content (AvgIpc) is 2.24. The van der Waals surface area contributed by atoms with E-state index in [1.165, 1.54) is 6.92 Å². The molecule has 0 heterocycles. The molecule has 0 fully saturated rings. The van der Waals surface area contributed by atoms with Gasteiger partial charge in [0.1, 0.15) is 0 Å². The van der Waals surface area contributed by atoms with E-state index in [1.54, 1.807) is 24.3 Å². The summed E-state index contributed by atoms with van der Waals surface area (Å²) in [7, 11) is 0. The summed E-state index contributed by atoms with van der Waals surface area (Å²) < 4.78 is 36.4. The number of hydrogen-bond acceptors (Lipinski definition) is 2. The predicted octanol–water partition coefficient (Wildman–Crippen LogP) is 2.22. The van der Waals surface area contributed by atoms with E-state index in [0.717, 1.165) is 0 Å². The summed E-state index contributed by atoms with van der Waals surface area (Å²) in [5, 5.41) is 2.72. The molecule has 0 aliphatic heterocycles. The van der Waals surface area contributed by atoms with Crippen molar-refractivity contribution >= 4 is 5.91 Å². The van der Waals surface area contributed by atoms with Crippen molar-refractivity contribution < 1.29 is 18.0 Å². The molecule has 0 saturated carbocycles. The number of primary amides is 1. The smallest absolute Gasteiger partial charge is 0.366 e. The zero-order chi connectivity index (χ0) is 13.8. The van der Waals surface area contributed by atoms with E-state index in [-0.39, 0.29) is 6.54 Å². The van der Waals surface area contributed by atoms with Crippen molar-refractivity contribution in [2.45, 2.75) is 32.1 Å². The first-order valence-corrected chi connectivity index (χ1v) is 5.47. The lowest BCUT2D eigenvalue weighted by Gasteiger charge is -2.16. The van der Waals surface area contributed by atoms with E-state index in [2.05, 4.69) is 5.32 Å². The Kier molecular flexibility index (Phi) is 4.72. The van der Waals surface area contributed by atoms with Gasteiger partial charge in [0.15, 0.2) is 0 Å². The number of hydrogen-bond donors (Lipinski definition) is 2. The van der Waals surface area contributed by atoms with Gasteiger partial charge >= 0.3 is 6.18 Å². The molecule has 3 N–H and O–H groups in total. The van der Waals surface area contributed by atoms with E-state index in [1.807, 2.05) is 0 Å². The van der Waals surface area contributed by atoms with Crippen LogP contribution in [-0.2, 0) is 6.54 Å². The minimum Gasteiger partial charge on any atom is -0.366 e. The van der Waals surface area contributed by atoms with Gasteiger partial charge in [-0.3, -0.25) is 4.79 Å². The lowest BCUT2D eigenvalue weighted by atomic mass is 10.1. The lowest BCUT2D eigenvalue weighted by Crippen LogP contribution is -2.31. The standard InChI is InChI=1S/C12H15F3N2O/c1-8(6-12(13,14)15)17-7-9-4-2-3-5-10(9)11(16)18/h2-5,8,17H,6-7H2,1H3,(H2,16,18). The highest BCUT2D eigenvalue weighted by Gasteiger charge is 2.29. The third-order valence-corrected chi connectivity index (χ3v) is 2.46. The number of benzene rings is 1. The molecule has 0 spiro atoms. The molecule has 3 nitrogen and oxygen atoms in total. The molecule has 1 atom stereocenters. The molecule has 1 rings (SSSR count). The predicted molar refractivity (Wildman–Crippen MR) is 61.9 cm³/mol. The molecule has 0 aromatic heterocycles. The van der Waals surface area contributed by atoms with Crippen molar-refractivity contribution in [3.05, 3.63) is 35.4 Å². The second-order valence-electron chi connectivity index (χ2n) is 4.12. The molecule has 1 aromatic carbocycles. The summed E-state index contributed by atoms with van der Waals surface area (Å²) in [4.78, 5) is 11.1. The van der Waals surface area contributed by atoms with Gasteiger partial charge in [0.2, 0.25) is 5.91 Å². The lowest BCUT2D eigenvalue weighted by molar-refractivity contribution is -0.139. The van der Waals surface area contributed by atoms with E-state index >= 15 is 0 Å². The van der Waals surface area contributed by atoms with Crippen LogP contribution in [0.15, 0.2) is 24.3 Å². The summed E-state index contributed by atoms with van der Waals surface area (Å²) in [6.45, 7) is 1.62. The van der Waals surface area contributed by atoms with Crippen LogP contribution >= 0.6 is 0 Å². The number of nitrogens with one attached hydrogen (secondary N) is 1. The number of rotatable bonds is 5. The molecule has 0 aliphatic carbocycles. The van der Waals surface area contributed by atoms with Crippen LogP contribution in [-0.4, -0.2) is 18.1 Å². The minimum absolute atomic E-state index is 0.177. The highest BCUT2D eigenvalue weighted by molar-refractivity contribution is 5.94. The van der Waals surface area contributed by atoms with E-state index in [4.69, 9.17) is 5.73 Å². The first-order chi connectivity index (χ1) is 8.29. The van der Waals surface area contributed by atoms with Crippen LogP contribution in [0.2, 0.25) is 0 Å². The van der Waals surface area contributed by atoms with Gasteiger partial charge in [-0.1, -0.05) is 18.2 Å². The molecule has 1 amide bonds. The Morgan fingerprint density at radius 1 is 1.39 bits per heavy atom. The van der Waals surface area contributed by atoms with Gasteiger partial charge in [0, 0.05) is 18.2 Å². The highest BCUT2D eigenvalue weighted by atomic mass is 19.4. The van der Waals surface area contributed by atoms with E-state index in [9.17, 15) is 18.0 Å². The Morgan fingerprint density at radius 2 is 2.00 bits per heavy atom. The third kappa shape index (κ3) is 4.75. The van der Waals surface area contributed by atoms with E-state index in [0.29, 0.717) is 11.1 Å². The highest BCUT2D eigenvalue weighted by Crippen LogP contribution is 2.21. The number of carbonyl (C=O) groups excluding carboxylic acids is 1. The maximum atomic E-state index is 12.1. The molecule has 0 saturated heterocycles. The topological polar surface area (TPSA) is 55.1 Å². The average molecular weight is 260 g/mol. The quantitative estimate of drug-likeness (QED) is 0.852. The Balaban J connectivity index is 2.61. The third-order valence-electron chi connectivity index (χ3n) is 2.46. The Hall–Kier alpha value is -1.56. The normalized spacial score (nSPS) is 13.3. The largest absolute Gasteiger partial charge is 0.390 e. The Labute approximate surface area is 103 Å². The summed E-state index contributed by atoms with van der Waals surface area (Å²) in [6, 6.07) is 5.85. The van der Waals surface area contributed by atoms with E-state index < -0.39 is 24.5 Å². The van der Waals surface area contributed by atoms with Crippen molar-refractivity contribution in [2.24, 2.45) is 5.73 Å². The van der Waals surface area contributed by atoms with Crippen LogP contribution in [0.3, 0.4) is 0 Å². The second kappa shape index (κ2) is 5.86. The van der Waals surface area contributed by atoms with Crippen molar-refractivity contribution in [3.8, 4) is 0 Å². The molecular formula is C12H15F3N2O. The van der Waals surface area contributed by atoms with Crippen LogP contribution in [0.4, 0.5) is 13.2 Å². The van der Waals surface area contributed by atoms with Gasteiger partial charge in [0.25, 0.3) is 0 Å². The maximum Gasteiger partial charge on any atom is 0.390 e. The van der Waals surface area contributed by atoms with Gasteiger partial charge in [0.05, 0.1) is 6.42 Å². The fourth-order valence-electron chi connectivity index (χ4n) is 1.62. The van der Waals surface area contributed by atoms with Crippen molar-refractivity contribution in [2.75, 3.05) is 0 Å². The molecule has 1 aromatic rings. The van der Waals surface area contributed by atoms with Gasteiger partial charge in [-0.05, 0) is 18.6 Å². The maximum absolute atomic E-state index is 12.1. The number of halogens is 3. The summed E-state index contributed by atoms with van der Waals surface area (Å²) in [5.74, 6) is -0.587. The Morgan fingerprint density at radius 3 is 2.56 bits per heavy atom. The van der Waals surface area contributed by atoms with Crippen LogP contribution < -0.4 is 11.1 Å². The van der Waals surface area contributed by atoms with Crippen molar-refractivity contribution in [3.63, 3.8) is 0 Å². The summed E-state index contributed by atoms with van der Waals surface area (Å²) >= 11 is 0. The molecular weight excluding hydrogens is 245 g/mol. The summed E-state index contributed by atoms with van der Waals surface area (Å²) in [5.41, 5.74) is 6.10. The van der Waals surface area contributed by atoms with Gasteiger partial charge in [-0.15, -0.1) is 0 Å². The van der Waals surface area contributed by atoms with Crippen molar-refractivity contribution in [1.29, 1.82) is 0 Å². The number of alkyl halides is 3. The first kappa shape index (κ1) is 14.5. The second-order valence-corrected chi connectivity index (χ2v) is 4.12. The molecule has 1 unspecified atom stereocenters. The fourth-order valence-corrected chi connectivity index (χ4v) is 1.62. The first-order valence-electron chi connectivity index (χ1n) is 5.47. The van der Waals surface area contributed by atoms with Gasteiger partial charge < -0.3 is 11.1 Å². The number of amides is 1. The zero-order valence-corrected chi connectivity index (χ0v) is 9.92. The fraction of sp³-hybridized carbons (Fsp3) is 0.417. The molecule has 0 radical (unpaired) electrons. The van der Waals surface area contributed by atoms with Crippen LogP contribution in [0, 0.1) is 0 Å². The minimum atomic E-state index is -4.20.